The topological polar surface area (TPSA) is 69.8 Å². The molecule has 1 N–H and O–H groups in total. The predicted molar refractivity (Wildman–Crippen MR) is 116 cm³/mol. The van der Waals surface area contributed by atoms with E-state index in [9.17, 15) is 9.50 Å². The van der Waals surface area contributed by atoms with Crippen molar-refractivity contribution < 1.29 is 9.50 Å². The quantitative estimate of drug-likeness (QED) is 0.549. The first-order chi connectivity index (χ1) is 15.1. The second-order valence-electron chi connectivity index (χ2n) is 7.76. The number of para-hydroxylation sites is 1. The first kappa shape index (κ1) is 19.4. The molecule has 0 aliphatic carbocycles. The minimum Gasteiger partial charge on any atom is -0.508 e. The maximum Gasteiger partial charge on any atom is 0.254 e. The van der Waals surface area contributed by atoms with Gasteiger partial charge >= 0.3 is 0 Å². The average Bonchev–Trinajstić information content (AvgIpc) is 3.25. The third-order valence-corrected chi connectivity index (χ3v) is 5.78. The zero-order valence-electron chi connectivity index (χ0n) is 17.2. The summed E-state index contributed by atoms with van der Waals surface area (Å²) in [5.41, 5.74) is 2.67. The zero-order chi connectivity index (χ0) is 21.4. The Morgan fingerprint density at radius 2 is 1.74 bits per heavy atom. The highest BCUT2D eigenvalue weighted by Crippen LogP contribution is 2.35. The van der Waals surface area contributed by atoms with E-state index in [2.05, 4.69) is 24.9 Å². The first-order valence-corrected chi connectivity index (χ1v) is 10.3. The van der Waals surface area contributed by atoms with Crippen LogP contribution in [-0.4, -0.2) is 55.8 Å². The van der Waals surface area contributed by atoms with Crippen LogP contribution in [0.25, 0.3) is 5.78 Å². The molecule has 0 spiro atoms. The summed E-state index contributed by atoms with van der Waals surface area (Å²) in [5, 5.41) is 14.9. The summed E-state index contributed by atoms with van der Waals surface area (Å²) in [6, 6.07) is 15.8. The van der Waals surface area contributed by atoms with Crippen LogP contribution in [0.15, 0.2) is 60.9 Å². The largest absolute Gasteiger partial charge is 0.508 e. The van der Waals surface area contributed by atoms with E-state index in [4.69, 9.17) is 0 Å². The van der Waals surface area contributed by atoms with E-state index in [1.165, 1.54) is 18.5 Å². The number of hydrogen-bond acceptors (Lipinski definition) is 6. The van der Waals surface area contributed by atoms with E-state index in [0.29, 0.717) is 5.78 Å². The van der Waals surface area contributed by atoms with Gasteiger partial charge in [-0.1, -0.05) is 30.3 Å². The fourth-order valence-corrected chi connectivity index (χ4v) is 4.30. The molecule has 2 aromatic heterocycles. The lowest BCUT2D eigenvalue weighted by Crippen LogP contribution is -2.48. The molecule has 1 atom stereocenters. The molecular weight excluding hydrogens is 395 g/mol. The molecular formula is C23H23FN6O. The van der Waals surface area contributed by atoms with Gasteiger partial charge in [0.2, 0.25) is 0 Å². The summed E-state index contributed by atoms with van der Waals surface area (Å²) in [6.07, 6.45) is 1.52. The number of aryl methyl sites for hydroxylation is 1. The van der Waals surface area contributed by atoms with Crippen molar-refractivity contribution in [2.75, 3.05) is 31.1 Å². The van der Waals surface area contributed by atoms with Crippen LogP contribution >= 0.6 is 0 Å². The van der Waals surface area contributed by atoms with Crippen molar-refractivity contribution in [2.45, 2.75) is 13.0 Å². The average molecular weight is 418 g/mol. The molecule has 5 rings (SSSR count). The fourth-order valence-electron chi connectivity index (χ4n) is 4.30. The minimum atomic E-state index is -0.269. The van der Waals surface area contributed by atoms with Gasteiger partial charge < -0.3 is 10.0 Å². The molecule has 4 aromatic rings. The molecule has 7 nitrogen and oxygen atoms in total. The Labute approximate surface area is 179 Å². The molecule has 1 aliphatic rings. The predicted octanol–water partition coefficient (Wildman–Crippen LogP) is 3.19. The van der Waals surface area contributed by atoms with E-state index >= 15 is 0 Å². The Morgan fingerprint density at radius 3 is 2.48 bits per heavy atom. The Bertz CT molecular complexity index is 1200. The van der Waals surface area contributed by atoms with Gasteiger partial charge in [-0.05, 0) is 30.7 Å². The third-order valence-electron chi connectivity index (χ3n) is 5.78. The smallest absolute Gasteiger partial charge is 0.254 e. The number of halogens is 1. The maximum absolute atomic E-state index is 13.6. The molecule has 0 radical (unpaired) electrons. The summed E-state index contributed by atoms with van der Waals surface area (Å²) in [6.45, 7) is 5.06. The number of hydrogen-bond donors (Lipinski definition) is 1. The van der Waals surface area contributed by atoms with Crippen LogP contribution in [0.5, 0.6) is 5.75 Å². The second-order valence-corrected chi connectivity index (χ2v) is 7.76. The van der Waals surface area contributed by atoms with Crippen LogP contribution in [-0.2, 0) is 0 Å². The minimum absolute atomic E-state index is 0.158. The lowest BCUT2D eigenvalue weighted by Gasteiger charge is -2.40. The Kier molecular flexibility index (Phi) is 4.99. The molecule has 8 heteroatoms. The second kappa shape index (κ2) is 7.96. The SMILES string of the molecule is Cc1cc(N2CCN(C(c3ccc(F)cc3)c3ccccc3O)CC2)n2ncnc2n1. The van der Waals surface area contributed by atoms with Gasteiger partial charge in [-0.15, -0.1) is 0 Å². The van der Waals surface area contributed by atoms with Crippen LogP contribution in [0.2, 0.25) is 0 Å². The molecule has 1 aliphatic heterocycles. The summed E-state index contributed by atoms with van der Waals surface area (Å²) >= 11 is 0. The van der Waals surface area contributed by atoms with Crippen molar-refractivity contribution in [3.05, 3.63) is 83.6 Å². The molecule has 1 unspecified atom stereocenters. The van der Waals surface area contributed by atoms with Crippen LogP contribution in [0.3, 0.4) is 0 Å². The third kappa shape index (κ3) is 3.70. The fraction of sp³-hybridized carbons (Fsp3) is 0.261. The lowest BCUT2D eigenvalue weighted by atomic mass is 9.95. The summed E-state index contributed by atoms with van der Waals surface area (Å²) in [5.74, 6) is 1.54. The molecule has 1 fully saturated rings. The number of piperazine rings is 1. The number of aromatic hydroxyl groups is 1. The number of aromatic nitrogens is 4. The van der Waals surface area contributed by atoms with Gasteiger partial charge in [0.1, 0.15) is 23.7 Å². The number of benzene rings is 2. The van der Waals surface area contributed by atoms with Crippen LogP contribution in [0, 0.1) is 12.7 Å². The highest BCUT2D eigenvalue weighted by Gasteiger charge is 2.29. The highest BCUT2D eigenvalue weighted by molar-refractivity contribution is 5.48. The van der Waals surface area contributed by atoms with Crippen molar-refractivity contribution >= 4 is 11.6 Å². The molecule has 0 saturated carbocycles. The van der Waals surface area contributed by atoms with Crippen molar-refractivity contribution in [1.29, 1.82) is 0 Å². The maximum atomic E-state index is 13.6. The molecule has 1 saturated heterocycles. The molecule has 2 aromatic carbocycles. The van der Waals surface area contributed by atoms with Crippen LogP contribution in [0.4, 0.5) is 10.2 Å². The monoisotopic (exact) mass is 418 g/mol. The number of nitrogens with zero attached hydrogens (tertiary/aromatic N) is 6. The molecule has 0 bridgehead atoms. The summed E-state index contributed by atoms with van der Waals surface area (Å²) in [4.78, 5) is 13.2. The van der Waals surface area contributed by atoms with E-state index in [0.717, 1.165) is 48.8 Å². The van der Waals surface area contributed by atoms with Crippen molar-refractivity contribution in [1.82, 2.24) is 24.5 Å². The van der Waals surface area contributed by atoms with Crippen LogP contribution in [0.1, 0.15) is 22.9 Å². The van der Waals surface area contributed by atoms with Gasteiger partial charge in [0.25, 0.3) is 5.78 Å². The van der Waals surface area contributed by atoms with E-state index in [-0.39, 0.29) is 17.6 Å². The Hall–Kier alpha value is -3.52. The van der Waals surface area contributed by atoms with Crippen molar-refractivity contribution in [2.24, 2.45) is 0 Å². The molecule has 3 heterocycles. The highest BCUT2D eigenvalue weighted by atomic mass is 19.1. The molecule has 31 heavy (non-hydrogen) atoms. The van der Waals surface area contributed by atoms with Gasteiger partial charge in [0.05, 0.1) is 6.04 Å². The van der Waals surface area contributed by atoms with E-state index < -0.39 is 0 Å². The Balaban J connectivity index is 1.44. The number of fused-ring (bicyclic) bond motifs is 1. The zero-order valence-corrected chi connectivity index (χ0v) is 17.2. The standard InChI is InChI=1S/C23H23FN6O/c1-16-14-21(30-23(27-16)25-15-26-30)28-10-12-29(13-11-28)22(17-6-8-18(24)9-7-17)19-4-2-3-5-20(19)31/h2-9,14-15,22,31H,10-13H2,1H3. The number of phenolic OH excluding ortho intramolecular Hbond substituents is 1. The summed E-state index contributed by atoms with van der Waals surface area (Å²) < 4.78 is 15.3. The molecule has 158 valence electrons. The van der Waals surface area contributed by atoms with Gasteiger partial charge in [-0.25, -0.2) is 9.37 Å². The number of phenols is 1. The summed E-state index contributed by atoms with van der Waals surface area (Å²) in [7, 11) is 0. The molecule has 0 amide bonds. The number of rotatable bonds is 4. The lowest BCUT2D eigenvalue weighted by molar-refractivity contribution is 0.208. The van der Waals surface area contributed by atoms with Gasteiger partial charge in [-0.3, -0.25) is 4.90 Å². The van der Waals surface area contributed by atoms with Gasteiger partial charge in [0, 0.05) is 43.5 Å². The van der Waals surface area contributed by atoms with Gasteiger partial charge in [0.15, 0.2) is 0 Å². The first-order valence-electron chi connectivity index (χ1n) is 10.3. The normalized spacial score (nSPS) is 16.0. The van der Waals surface area contributed by atoms with Crippen molar-refractivity contribution in [3.63, 3.8) is 0 Å². The van der Waals surface area contributed by atoms with Gasteiger partial charge in [-0.2, -0.15) is 14.6 Å². The van der Waals surface area contributed by atoms with E-state index in [1.54, 1.807) is 22.7 Å². The van der Waals surface area contributed by atoms with E-state index in [1.807, 2.05) is 31.2 Å². The number of anilines is 1. The Morgan fingerprint density at radius 1 is 1.00 bits per heavy atom. The van der Waals surface area contributed by atoms with Crippen LogP contribution < -0.4 is 4.90 Å². The van der Waals surface area contributed by atoms with Crippen molar-refractivity contribution in [3.8, 4) is 5.75 Å².